The van der Waals surface area contributed by atoms with E-state index >= 15 is 0 Å². The van der Waals surface area contributed by atoms with E-state index in [1.165, 1.54) is 23.4 Å². The molecule has 1 amide bonds. The van der Waals surface area contributed by atoms with Gasteiger partial charge in [0.05, 0.1) is 13.2 Å². The largest absolute Gasteiger partial charge is 0.409 e. The molecule has 1 aromatic heterocycles. The average Bonchev–Trinajstić information content (AvgIpc) is 2.46. The predicted octanol–water partition coefficient (Wildman–Crippen LogP) is -1.04. The molecule has 1 aromatic rings. The third-order valence-corrected chi connectivity index (χ3v) is 2.85. The number of nitrogens with zero attached hydrogens (tertiary/aromatic N) is 2. The second-order valence-corrected chi connectivity index (χ2v) is 4.06. The number of nitrogens with one attached hydrogen (secondary N) is 1. The molecule has 0 aliphatic carbocycles. The van der Waals surface area contributed by atoms with Gasteiger partial charge in [-0.25, -0.2) is 0 Å². The van der Waals surface area contributed by atoms with Gasteiger partial charge in [0, 0.05) is 25.0 Å². The van der Waals surface area contributed by atoms with E-state index in [2.05, 4.69) is 10.1 Å². The van der Waals surface area contributed by atoms with Crippen molar-refractivity contribution in [1.82, 2.24) is 9.88 Å². The number of morpholine rings is 1. The Labute approximate surface area is 108 Å². The van der Waals surface area contributed by atoms with Gasteiger partial charge in [0.15, 0.2) is 11.3 Å². The normalized spacial score (nSPS) is 20.3. The predicted molar refractivity (Wildman–Crippen MR) is 66.1 cm³/mol. The van der Waals surface area contributed by atoms with Crippen molar-refractivity contribution in [2.24, 2.45) is 10.9 Å². The number of H-pyrrole nitrogens is 1. The van der Waals surface area contributed by atoms with Crippen LogP contribution in [0.15, 0.2) is 28.4 Å². The number of carbonyl (C=O) groups is 1. The molecule has 1 unspecified atom stereocenters. The number of rotatable bonds is 2. The van der Waals surface area contributed by atoms with Gasteiger partial charge < -0.3 is 25.6 Å². The van der Waals surface area contributed by atoms with Crippen LogP contribution in [0.3, 0.4) is 0 Å². The van der Waals surface area contributed by atoms with Crippen molar-refractivity contribution in [2.45, 2.75) is 6.10 Å². The lowest BCUT2D eigenvalue weighted by molar-refractivity contribution is 0.00667. The summed E-state index contributed by atoms with van der Waals surface area (Å²) in [5, 5.41) is 11.5. The molecule has 2 heterocycles. The summed E-state index contributed by atoms with van der Waals surface area (Å²) in [6.07, 6.45) is 2.15. The van der Waals surface area contributed by atoms with Crippen molar-refractivity contribution in [2.75, 3.05) is 19.7 Å². The summed E-state index contributed by atoms with van der Waals surface area (Å²) in [4.78, 5) is 27.9. The highest BCUT2D eigenvalue weighted by molar-refractivity contribution is 5.94. The van der Waals surface area contributed by atoms with Gasteiger partial charge in [0.1, 0.15) is 11.7 Å². The molecular weight excluding hydrogens is 252 g/mol. The summed E-state index contributed by atoms with van der Waals surface area (Å²) < 4.78 is 5.28. The van der Waals surface area contributed by atoms with Crippen molar-refractivity contribution in [3.63, 3.8) is 0 Å². The van der Waals surface area contributed by atoms with E-state index in [9.17, 15) is 9.59 Å². The van der Waals surface area contributed by atoms with E-state index in [1.807, 2.05) is 0 Å². The van der Waals surface area contributed by atoms with Crippen LogP contribution in [0.1, 0.15) is 10.4 Å². The summed E-state index contributed by atoms with van der Waals surface area (Å²) >= 11 is 0. The number of aromatic nitrogens is 1. The van der Waals surface area contributed by atoms with Crippen LogP contribution >= 0.6 is 0 Å². The Morgan fingerprint density at radius 2 is 2.42 bits per heavy atom. The molecule has 1 atom stereocenters. The number of carbonyl (C=O) groups excluding carboxylic acids is 1. The zero-order valence-corrected chi connectivity index (χ0v) is 10.1. The fourth-order valence-corrected chi connectivity index (χ4v) is 1.83. The smallest absolute Gasteiger partial charge is 0.259 e. The Morgan fingerprint density at radius 3 is 3.11 bits per heavy atom. The summed E-state index contributed by atoms with van der Waals surface area (Å²) in [7, 11) is 0. The fourth-order valence-electron chi connectivity index (χ4n) is 1.83. The Morgan fingerprint density at radius 1 is 1.63 bits per heavy atom. The Bertz CT molecular complexity index is 554. The van der Waals surface area contributed by atoms with Gasteiger partial charge in [0.2, 0.25) is 0 Å². The molecule has 0 spiro atoms. The number of nitrogens with two attached hydrogens (primary N) is 1. The van der Waals surface area contributed by atoms with Gasteiger partial charge in [-0.15, -0.1) is 0 Å². The topological polar surface area (TPSA) is 121 Å². The van der Waals surface area contributed by atoms with Crippen LogP contribution in [0.5, 0.6) is 0 Å². The van der Waals surface area contributed by atoms with Crippen LogP contribution in [0, 0.1) is 0 Å². The van der Waals surface area contributed by atoms with E-state index in [1.54, 1.807) is 0 Å². The average molecular weight is 266 g/mol. The quantitative estimate of drug-likeness (QED) is 0.273. The second kappa shape index (κ2) is 5.53. The molecule has 1 aliphatic heterocycles. The molecule has 0 saturated carbocycles. The van der Waals surface area contributed by atoms with Crippen LogP contribution in [-0.2, 0) is 4.74 Å². The summed E-state index contributed by atoms with van der Waals surface area (Å²) in [6, 6.07) is 1.29. The van der Waals surface area contributed by atoms with Gasteiger partial charge in [0.25, 0.3) is 5.91 Å². The summed E-state index contributed by atoms with van der Waals surface area (Å²) in [6.45, 7) is 0.753. The standard InChI is InChI=1S/C11H14N4O4/c12-10(14-18)9-6-15(3-4-19-9)11(17)7-5-13-2-1-8(7)16/h1-2,5,9,18H,3-4,6H2,(H2,12,14)(H,13,16). The molecule has 19 heavy (non-hydrogen) atoms. The maximum absolute atomic E-state index is 12.2. The summed E-state index contributed by atoms with van der Waals surface area (Å²) in [5.74, 6) is -0.500. The molecular formula is C11H14N4O4. The zero-order valence-electron chi connectivity index (χ0n) is 10.1. The maximum atomic E-state index is 12.2. The highest BCUT2D eigenvalue weighted by Crippen LogP contribution is 2.08. The molecule has 102 valence electrons. The first kappa shape index (κ1) is 13.1. The first-order valence-electron chi connectivity index (χ1n) is 5.69. The van der Waals surface area contributed by atoms with Crippen molar-refractivity contribution >= 4 is 11.7 Å². The van der Waals surface area contributed by atoms with Crippen LogP contribution < -0.4 is 11.2 Å². The molecule has 0 radical (unpaired) electrons. The first-order chi connectivity index (χ1) is 9.13. The van der Waals surface area contributed by atoms with Crippen LogP contribution in [-0.4, -0.2) is 52.6 Å². The van der Waals surface area contributed by atoms with Gasteiger partial charge in [-0.2, -0.15) is 0 Å². The van der Waals surface area contributed by atoms with E-state index in [4.69, 9.17) is 15.7 Å². The minimum Gasteiger partial charge on any atom is -0.409 e. The first-order valence-corrected chi connectivity index (χ1v) is 5.69. The Hall–Kier alpha value is -2.35. The zero-order chi connectivity index (χ0) is 13.8. The van der Waals surface area contributed by atoms with Gasteiger partial charge >= 0.3 is 0 Å². The monoisotopic (exact) mass is 266 g/mol. The molecule has 1 aliphatic rings. The second-order valence-electron chi connectivity index (χ2n) is 4.06. The number of amides is 1. The minimum absolute atomic E-state index is 0.0580. The highest BCUT2D eigenvalue weighted by Gasteiger charge is 2.28. The third-order valence-electron chi connectivity index (χ3n) is 2.85. The number of aromatic amines is 1. The number of hydrogen-bond donors (Lipinski definition) is 3. The van der Waals surface area contributed by atoms with Crippen molar-refractivity contribution in [3.8, 4) is 0 Å². The molecule has 0 aromatic carbocycles. The van der Waals surface area contributed by atoms with E-state index in [-0.39, 0.29) is 30.0 Å². The fraction of sp³-hybridized carbons (Fsp3) is 0.364. The molecule has 2 rings (SSSR count). The maximum Gasteiger partial charge on any atom is 0.259 e. The van der Waals surface area contributed by atoms with Crippen molar-refractivity contribution < 1.29 is 14.7 Å². The van der Waals surface area contributed by atoms with E-state index < -0.39 is 12.0 Å². The number of amidine groups is 1. The van der Waals surface area contributed by atoms with Gasteiger partial charge in [-0.3, -0.25) is 9.59 Å². The third kappa shape index (κ3) is 2.74. The Balaban J connectivity index is 2.16. The highest BCUT2D eigenvalue weighted by atomic mass is 16.5. The van der Waals surface area contributed by atoms with Crippen molar-refractivity contribution in [3.05, 3.63) is 34.2 Å². The lowest BCUT2D eigenvalue weighted by Gasteiger charge is -2.32. The SMILES string of the molecule is N/C(=N/O)C1CN(C(=O)c2c[nH]ccc2=O)CCO1. The van der Waals surface area contributed by atoms with Gasteiger partial charge in [-0.1, -0.05) is 5.16 Å². The number of pyridine rings is 1. The summed E-state index contributed by atoms with van der Waals surface area (Å²) in [5.41, 5.74) is 5.15. The van der Waals surface area contributed by atoms with Crippen LogP contribution in [0.2, 0.25) is 0 Å². The van der Waals surface area contributed by atoms with Gasteiger partial charge in [-0.05, 0) is 0 Å². The lowest BCUT2D eigenvalue weighted by Crippen LogP contribution is -2.51. The minimum atomic E-state index is -0.662. The number of oxime groups is 1. The molecule has 0 bridgehead atoms. The van der Waals surface area contributed by atoms with Crippen molar-refractivity contribution in [1.29, 1.82) is 0 Å². The molecule has 4 N–H and O–H groups in total. The van der Waals surface area contributed by atoms with Crippen LogP contribution in [0.4, 0.5) is 0 Å². The molecule has 8 heteroatoms. The molecule has 1 saturated heterocycles. The van der Waals surface area contributed by atoms with E-state index in [0.29, 0.717) is 6.54 Å². The Kier molecular flexibility index (Phi) is 3.81. The number of hydrogen-bond acceptors (Lipinski definition) is 5. The van der Waals surface area contributed by atoms with E-state index in [0.717, 1.165) is 0 Å². The molecule has 1 fully saturated rings. The number of ether oxygens (including phenoxy) is 1. The van der Waals surface area contributed by atoms with Crippen LogP contribution in [0.25, 0.3) is 0 Å². The lowest BCUT2D eigenvalue weighted by atomic mass is 10.2. The molecule has 8 nitrogen and oxygen atoms in total.